The summed E-state index contributed by atoms with van der Waals surface area (Å²) in [7, 11) is 0. The van der Waals surface area contributed by atoms with Crippen LogP contribution >= 0.6 is 15.9 Å². The van der Waals surface area contributed by atoms with E-state index in [1.807, 2.05) is 0 Å². The number of hydrogen-bond donors (Lipinski definition) is 0. The molecule has 0 radical (unpaired) electrons. The van der Waals surface area contributed by atoms with Crippen LogP contribution < -0.4 is 4.74 Å². The van der Waals surface area contributed by atoms with E-state index in [4.69, 9.17) is 4.74 Å². The standard InChI is InChI=1S/C16H15BrO/c17-15(10-12-4-2-1-3-5-12)13-6-7-16-14(11-13)8-9-18-16/h1-7,11,15H,8-10H2. The van der Waals surface area contributed by atoms with E-state index in [0.717, 1.165) is 25.2 Å². The lowest BCUT2D eigenvalue weighted by Gasteiger charge is -2.11. The van der Waals surface area contributed by atoms with E-state index in [1.165, 1.54) is 16.7 Å². The quantitative estimate of drug-likeness (QED) is 0.768. The molecule has 18 heavy (non-hydrogen) atoms. The van der Waals surface area contributed by atoms with Crippen LogP contribution in [-0.4, -0.2) is 6.61 Å². The van der Waals surface area contributed by atoms with Crippen molar-refractivity contribution in [1.82, 2.24) is 0 Å². The lowest BCUT2D eigenvalue weighted by atomic mass is 10.0. The van der Waals surface area contributed by atoms with Gasteiger partial charge in [-0.1, -0.05) is 58.4 Å². The number of alkyl halides is 1. The number of benzene rings is 2. The lowest BCUT2D eigenvalue weighted by molar-refractivity contribution is 0.357. The summed E-state index contributed by atoms with van der Waals surface area (Å²) >= 11 is 3.79. The van der Waals surface area contributed by atoms with Crippen LogP contribution in [0.25, 0.3) is 0 Å². The number of halogens is 1. The fourth-order valence-corrected chi connectivity index (χ4v) is 3.00. The van der Waals surface area contributed by atoms with Crippen molar-refractivity contribution < 1.29 is 4.74 Å². The highest BCUT2D eigenvalue weighted by Gasteiger charge is 2.15. The van der Waals surface area contributed by atoms with Crippen LogP contribution in [-0.2, 0) is 12.8 Å². The molecule has 1 nitrogen and oxygen atoms in total. The van der Waals surface area contributed by atoms with Gasteiger partial charge in [0, 0.05) is 11.2 Å². The Morgan fingerprint density at radius 3 is 2.78 bits per heavy atom. The topological polar surface area (TPSA) is 9.23 Å². The fourth-order valence-electron chi connectivity index (χ4n) is 2.34. The first-order valence-electron chi connectivity index (χ1n) is 6.26. The zero-order valence-corrected chi connectivity index (χ0v) is 11.7. The maximum Gasteiger partial charge on any atom is 0.122 e. The second-order valence-corrected chi connectivity index (χ2v) is 5.73. The van der Waals surface area contributed by atoms with Crippen molar-refractivity contribution >= 4 is 15.9 Å². The number of fused-ring (bicyclic) bond motifs is 1. The van der Waals surface area contributed by atoms with Crippen molar-refractivity contribution in [1.29, 1.82) is 0 Å². The third-order valence-corrected chi connectivity index (χ3v) is 4.19. The molecule has 0 saturated heterocycles. The normalized spacial score (nSPS) is 14.9. The highest BCUT2D eigenvalue weighted by atomic mass is 79.9. The Balaban J connectivity index is 1.78. The van der Waals surface area contributed by atoms with E-state index in [-0.39, 0.29) is 0 Å². The second kappa shape index (κ2) is 5.15. The molecule has 1 heterocycles. The SMILES string of the molecule is BrC(Cc1ccccc1)c1ccc2c(c1)CCO2. The average molecular weight is 303 g/mol. The molecule has 1 aliphatic heterocycles. The van der Waals surface area contributed by atoms with E-state index in [1.54, 1.807) is 0 Å². The predicted molar refractivity (Wildman–Crippen MR) is 77.5 cm³/mol. The third kappa shape index (κ3) is 2.44. The third-order valence-electron chi connectivity index (χ3n) is 3.33. The van der Waals surface area contributed by atoms with Gasteiger partial charge in [-0.15, -0.1) is 0 Å². The molecule has 3 rings (SSSR count). The van der Waals surface area contributed by atoms with Gasteiger partial charge in [0.2, 0.25) is 0 Å². The van der Waals surface area contributed by atoms with Gasteiger partial charge in [-0.25, -0.2) is 0 Å². The molecule has 1 atom stereocenters. The molecule has 0 N–H and O–H groups in total. The molecule has 2 aromatic rings. The molecule has 2 aromatic carbocycles. The summed E-state index contributed by atoms with van der Waals surface area (Å²) in [6.07, 6.45) is 2.05. The highest BCUT2D eigenvalue weighted by molar-refractivity contribution is 9.09. The maximum atomic E-state index is 5.54. The van der Waals surface area contributed by atoms with Crippen molar-refractivity contribution in [2.75, 3.05) is 6.61 Å². The summed E-state index contributed by atoms with van der Waals surface area (Å²) in [4.78, 5) is 0.366. The monoisotopic (exact) mass is 302 g/mol. The van der Waals surface area contributed by atoms with Gasteiger partial charge < -0.3 is 4.74 Å². The van der Waals surface area contributed by atoms with Crippen LogP contribution in [0, 0.1) is 0 Å². The van der Waals surface area contributed by atoms with E-state index >= 15 is 0 Å². The Morgan fingerprint density at radius 1 is 1.11 bits per heavy atom. The molecule has 0 fully saturated rings. The van der Waals surface area contributed by atoms with Crippen LogP contribution in [0.5, 0.6) is 5.75 Å². The van der Waals surface area contributed by atoms with Gasteiger partial charge in [0.1, 0.15) is 5.75 Å². The minimum atomic E-state index is 0.366. The fraction of sp³-hybridized carbons (Fsp3) is 0.250. The van der Waals surface area contributed by atoms with Crippen LogP contribution in [0.3, 0.4) is 0 Å². The first-order valence-corrected chi connectivity index (χ1v) is 7.18. The van der Waals surface area contributed by atoms with Crippen molar-refractivity contribution in [2.45, 2.75) is 17.7 Å². The molecule has 92 valence electrons. The molecule has 0 saturated carbocycles. The molecule has 0 amide bonds. The van der Waals surface area contributed by atoms with Crippen molar-refractivity contribution in [3.8, 4) is 5.75 Å². The van der Waals surface area contributed by atoms with Gasteiger partial charge in [-0.3, -0.25) is 0 Å². The Morgan fingerprint density at radius 2 is 1.94 bits per heavy atom. The summed E-state index contributed by atoms with van der Waals surface area (Å²) in [5.41, 5.74) is 4.03. The molecule has 0 aliphatic carbocycles. The highest BCUT2D eigenvalue weighted by Crippen LogP contribution is 2.32. The smallest absolute Gasteiger partial charge is 0.122 e. The maximum absolute atomic E-state index is 5.54. The minimum absolute atomic E-state index is 0.366. The van der Waals surface area contributed by atoms with Gasteiger partial charge in [-0.2, -0.15) is 0 Å². The summed E-state index contributed by atoms with van der Waals surface area (Å²) in [5.74, 6) is 1.05. The van der Waals surface area contributed by atoms with Gasteiger partial charge in [-0.05, 0) is 29.2 Å². The first-order chi connectivity index (χ1) is 8.83. The van der Waals surface area contributed by atoms with Crippen molar-refractivity contribution in [2.24, 2.45) is 0 Å². The van der Waals surface area contributed by atoms with E-state index in [0.29, 0.717) is 4.83 Å². The van der Waals surface area contributed by atoms with Crippen molar-refractivity contribution in [3.05, 3.63) is 65.2 Å². The van der Waals surface area contributed by atoms with E-state index in [9.17, 15) is 0 Å². The molecule has 1 unspecified atom stereocenters. The van der Waals surface area contributed by atoms with Gasteiger partial charge in [0.05, 0.1) is 6.61 Å². The average Bonchev–Trinajstić information content (AvgIpc) is 2.87. The summed E-state index contributed by atoms with van der Waals surface area (Å²) in [6.45, 7) is 0.824. The summed E-state index contributed by atoms with van der Waals surface area (Å²) in [5, 5.41) is 0. The van der Waals surface area contributed by atoms with Gasteiger partial charge in [0.15, 0.2) is 0 Å². The molecular weight excluding hydrogens is 288 g/mol. The number of ether oxygens (including phenoxy) is 1. The molecular formula is C16H15BrO. The second-order valence-electron chi connectivity index (χ2n) is 4.62. The molecule has 0 spiro atoms. The van der Waals surface area contributed by atoms with Crippen LogP contribution in [0.15, 0.2) is 48.5 Å². The first kappa shape index (κ1) is 11.8. The Bertz CT molecular complexity index is 536. The molecule has 1 aliphatic rings. The molecule has 2 heteroatoms. The number of hydrogen-bond acceptors (Lipinski definition) is 1. The zero-order chi connectivity index (χ0) is 12.4. The van der Waals surface area contributed by atoms with Gasteiger partial charge in [0.25, 0.3) is 0 Å². The Hall–Kier alpha value is -1.28. The Kier molecular flexibility index (Phi) is 3.37. The van der Waals surface area contributed by atoms with Crippen LogP contribution in [0.4, 0.5) is 0 Å². The summed E-state index contributed by atoms with van der Waals surface area (Å²) < 4.78 is 5.54. The molecule has 0 aromatic heterocycles. The minimum Gasteiger partial charge on any atom is -0.493 e. The van der Waals surface area contributed by atoms with Crippen LogP contribution in [0.2, 0.25) is 0 Å². The largest absolute Gasteiger partial charge is 0.493 e. The number of rotatable bonds is 3. The Labute approximate surface area is 116 Å². The molecule has 0 bridgehead atoms. The zero-order valence-electron chi connectivity index (χ0n) is 10.1. The van der Waals surface area contributed by atoms with Gasteiger partial charge >= 0.3 is 0 Å². The summed E-state index contributed by atoms with van der Waals surface area (Å²) in [6, 6.07) is 17.1. The predicted octanol–water partition coefficient (Wildman–Crippen LogP) is 4.30. The van der Waals surface area contributed by atoms with Crippen molar-refractivity contribution in [3.63, 3.8) is 0 Å². The van der Waals surface area contributed by atoms with E-state index < -0.39 is 0 Å². The van der Waals surface area contributed by atoms with E-state index in [2.05, 4.69) is 64.5 Å². The lowest BCUT2D eigenvalue weighted by Crippen LogP contribution is -1.96. The van der Waals surface area contributed by atoms with Crippen LogP contribution in [0.1, 0.15) is 21.5 Å².